The standard InChI is InChI=1S/C30H24BrN3O2S2/c1-19-7-13-25-27(17-19)38-29(33-25)21-8-11-23(12-9-21)32-30(37)34-28(35)24-18-22(31)10-14-26(24)36-16-15-20-5-3-2-4-6-20/h2-14,17-18H,15-16H2,1H3,(H2,32,34,35,37). The zero-order valence-electron chi connectivity index (χ0n) is 20.5. The lowest BCUT2D eigenvalue weighted by Gasteiger charge is -2.14. The molecule has 0 saturated heterocycles. The summed E-state index contributed by atoms with van der Waals surface area (Å²) in [5, 5.41) is 7.01. The van der Waals surface area contributed by atoms with Gasteiger partial charge in [-0.05, 0) is 84.9 Å². The van der Waals surface area contributed by atoms with Crippen LogP contribution in [0.15, 0.2) is 95.5 Å². The molecule has 0 fully saturated rings. The van der Waals surface area contributed by atoms with Gasteiger partial charge in [-0.1, -0.05) is 52.3 Å². The van der Waals surface area contributed by atoms with E-state index in [-0.39, 0.29) is 11.0 Å². The van der Waals surface area contributed by atoms with Crippen molar-refractivity contribution >= 4 is 66.4 Å². The van der Waals surface area contributed by atoms with E-state index >= 15 is 0 Å². The van der Waals surface area contributed by atoms with Gasteiger partial charge >= 0.3 is 0 Å². The van der Waals surface area contributed by atoms with Gasteiger partial charge in [-0.2, -0.15) is 0 Å². The van der Waals surface area contributed by atoms with E-state index in [0.717, 1.165) is 32.7 Å². The number of ether oxygens (including phenoxy) is 1. The van der Waals surface area contributed by atoms with Crippen LogP contribution in [0.1, 0.15) is 21.5 Å². The Labute approximate surface area is 239 Å². The molecule has 1 amide bonds. The number of hydrogen-bond acceptors (Lipinski definition) is 5. The van der Waals surface area contributed by atoms with Gasteiger partial charge < -0.3 is 10.1 Å². The van der Waals surface area contributed by atoms with Crippen LogP contribution in [-0.2, 0) is 6.42 Å². The number of halogens is 1. The normalized spacial score (nSPS) is 10.8. The highest BCUT2D eigenvalue weighted by atomic mass is 79.9. The van der Waals surface area contributed by atoms with Gasteiger partial charge in [0, 0.05) is 22.1 Å². The van der Waals surface area contributed by atoms with E-state index in [0.29, 0.717) is 17.9 Å². The number of anilines is 1. The highest BCUT2D eigenvalue weighted by Crippen LogP contribution is 2.31. The largest absolute Gasteiger partial charge is 0.492 e. The van der Waals surface area contributed by atoms with E-state index in [2.05, 4.69) is 57.8 Å². The lowest BCUT2D eigenvalue weighted by Crippen LogP contribution is -2.34. The molecule has 0 saturated carbocycles. The number of aromatic nitrogens is 1. The second kappa shape index (κ2) is 11.9. The number of carbonyl (C=O) groups excluding carboxylic acids is 1. The second-order valence-corrected chi connectivity index (χ2v) is 11.1. The van der Waals surface area contributed by atoms with E-state index in [1.165, 1.54) is 15.8 Å². The molecule has 0 bridgehead atoms. The third-order valence-electron chi connectivity index (χ3n) is 5.84. The van der Waals surface area contributed by atoms with E-state index in [1.807, 2.05) is 54.6 Å². The molecule has 38 heavy (non-hydrogen) atoms. The van der Waals surface area contributed by atoms with Gasteiger partial charge in [0.2, 0.25) is 0 Å². The molecule has 2 N–H and O–H groups in total. The Balaban J connectivity index is 1.21. The topological polar surface area (TPSA) is 63.2 Å². The minimum Gasteiger partial charge on any atom is -0.492 e. The lowest BCUT2D eigenvalue weighted by atomic mass is 10.1. The summed E-state index contributed by atoms with van der Waals surface area (Å²) < 4.78 is 7.89. The van der Waals surface area contributed by atoms with Crippen LogP contribution in [0.4, 0.5) is 5.69 Å². The van der Waals surface area contributed by atoms with Crippen LogP contribution in [-0.4, -0.2) is 22.6 Å². The molecule has 0 atom stereocenters. The van der Waals surface area contributed by atoms with E-state index in [1.54, 1.807) is 23.5 Å². The van der Waals surface area contributed by atoms with Gasteiger partial charge in [0.15, 0.2) is 5.11 Å². The number of aryl methyl sites for hydroxylation is 1. The van der Waals surface area contributed by atoms with Gasteiger partial charge in [-0.25, -0.2) is 4.98 Å². The number of benzene rings is 4. The van der Waals surface area contributed by atoms with Crippen molar-refractivity contribution in [2.24, 2.45) is 0 Å². The highest BCUT2D eigenvalue weighted by Gasteiger charge is 2.15. The molecule has 0 radical (unpaired) electrons. The number of amides is 1. The first-order chi connectivity index (χ1) is 18.4. The van der Waals surface area contributed by atoms with Crippen molar-refractivity contribution in [1.29, 1.82) is 0 Å². The molecule has 0 aliphatic carbocycles. The number of rotatable bonds is 7. The molecule has 1 heterocycles. The van der Waals surface area contributed by atoms with Crippen molar-refractivity contribution in [1.82, 2.24) is 10.3 Å². The highest BCUT2D eigenvalue weighted by molar-refractivity contribution is 9.10. The van der Waals surface area contributed by atoms with Crippen LogP contribution in [0, 0.1) is 6.92 Å². The maximum atomic E-state index is 13.1. The zero-order valence-corrected chi connectivity index (χ0v) is 23.8. The van der Waals surface area contributed by atoms with Crippen LogP contribution >= 0.6 is 39.5 Å². The fraction of sp³-hybridized carbons (Fsp3) is 0.100. The van der Waals surface area contributed by atoms with Crippen LogP contribution < -0.4 is 15.4 Å². The molecule has 8 heteroatoms. The molecular weight excluding hydrogens is 578 g/mol. The van der Waals surface area contributed by atoms with Crippen LogP contribution in [0.2, 0.25) is 0 Å². The Hall–Kier alpha value is -3.59. The number of thiazole rings is 1. The van der Waals surface area contributed by atoms with E-state index < -0.39 is 0 Å². The first-order valence-corrected chi connectivity index (χ1v) is 14.0. The molecule has 190 valence electrons. The van der Waals surface area contributed by atoms with Crippen LogP contribution in [0.3, 0.4) is 0 Å². The molecule has 1 aromatic heterocycles. The molecule has 5 rings (SSSR count). The van der Waals surface area contributed by atoms with Crippen molar-refractivity contribution in [3.8, 4) is 16.3 Å². The van der Waals surface area contributed by atoms with Crippen molar-refractivity contribution in [2.45, 2.75) is 13.3 Å². The summed E-state index contributed by atoms with van der Waals surface area (Å²) in [6.45, 7) is 2.53. The third-order valence-corrected chi connectivity index (χ3v) is 7.60. The minimum atomic E-state index is -0.347. The van der Waals surface area contributed by atoms with Gasteiger partial charge in [0.25, 0.3) is 5.91 Å². The minimum absolute atomic E-state index is 0.202. The van der Waals surface area contributed by atoms with Crippen LogP contribution in [0.25, 0.3) is 20.8 Å². The summed E-state index contributed by atoms with van der Waals surface area (Å²) in [5.41, 5.74) is 5.58. The van der Waals surface area contributed by atoms with E-state index in [4.69, 9.17) is 21.9 Å². The smallest absolute Gasteiger partial charge is 0.261 e. The predicted molar refractivity (Wildman–Crippen MR) is 163 cm³/mol. The third kappa shape index (κ3) is 6.45. The molecule has 0 unspecified atom stereocenters. The molecule has 4 aromatic carbocycles. The Kier molecular flexibility index (Phi) is 8.12. The fourth-order valence-corrected chi connectivity index (χ4v) is 5.55. The number of nitrogens with zero attached hydrogens (tertiary/aromatic N) is 1. The average Bonchev–Trinajstić information content (AvgIpc) is 3.33. The summed E-state index contributed by atoms with van der Waals surface area (Å²) in [6.07, 6.45) is 0.741. The Morgan fingerprint density at radius 2 is 1.79 bits per heavy atom. The van der Waals surface area contributed by atoms with Gasteiger partial charge in [0.1, 0.15) is 10.8 Å². The fourth-order valence-electron chi connectivity index (χ4n) is 3.91. The first kappa shape index (κ1) is 26.0. The van der Waals surface area contributed by atoms with Crippen molar-refractivity contribution in [2.75, 3.05) is 11.9 Å². The summed E-state index contributed by atoms with van der Waals surface area (Å²) in [4.78, 5) is 17.8. The zero-order chi connectivity index (χ0) is 26.5. The number of hydrogen-bond donors (Lipinski definition) is 2. The molecule has 0 aliphatic heterocycles. The summed E-state index contributed by atoms with van der Waals surface area (Å²) in [7, 11) is 0. The van der Waals surface area contributed by atoms with Crippen molar-refractivity contribution < 1.29 is 9.53 Å². The second-order valence-electron chi connectivity index (χ2n) is 8.70. The SMILES string of the molecule is Cc1ccc2nc(-c3ccc(NC(=S)NC(=O)c4cc(Br)ccc4OCCc4ccccc4)cc3)sc2c1. The molecule has 5 aromatic rings. The Morgan fingerprint density at radius 1 is 1.00 bits per heavy atom. The summed E-state index contributed by atoms with van der Waals surface area (Å²) >= 11 is 10.5. The van der Waals surface area contributed by atoms with Crippen LogP contribution in [0.5, 0.6) is 5.75 Å². The summed E-state index contributed by atoms with van der Waals surface area (Å²) in [6, 6.07) is 29.5. The predicted octanol–water partition coefficient (Wildman–Crippen LogP) is 7.78. The van der Waals surface area contributed by atoms with Gasteiger partial charge in [0.05, 0.1) is 22.4 Å². The molecular formula is C30H24BrN3O2S2. The molecule has 5 nitrogen and oxygen atoms in total. The maximum Gasteiger partial charge on any atom is 0.261 e. The van der Waals surface area contributed by atoms with Crippen molar-refractivity contribution in [3.05, 3.63) is 112 Å². The number of carbonyl (C=O) groups is 1. The summed E-state index contributed by atoms with van der Waals surface area (Å²) in [5.74, 6) is 0.153. The lowest BCUT2D eigenvalue weighted by molar-refractivity contribution is 0.0973. The Morgan fingerprint density at radius 3 is 2.58 bits per heavy atom. The average molecular weight is 603 g/mol. The number of nitrogens with one attached hydrogen (secondary N) is 2. The Bertz CT molecular complexity index is 1600. The molecule has 0 aliphatic rings. The van der Waals surface area contributed by atoms with Crippen molar-refractivity contribution in [3.63, 3.8) is 0 Å². The molecule has 0 spiro atoms. The first-order valence-electron chi connectivity index (χ1n) is 12.0. The van der Waals surface area contributed by atoms with Gasteiger partial charge in [-0.15, -0.1) is 11.3 Å². The maximum absolute atomic E-state index is 13.1. The number of thiocarbonyl (C=S) groups is 1. The monoisotopic (exact) mass is 601 g/mol. The quantitative estimate of drug-likeness (QED) is 0.186. The van der Waals surface area contributed by atoms with E-state index in [9.17, 15) is 4.79 Å². The van der Waals surface area contributed by atoms with Gasteiger partial charge in [-0.3, -0.25) is 10.1 Å². The number of fused-ring (bicyclic) bond motifs is 1.